The van der Waals surface area contributed by atoms with Crippen LogP contribution in [0.15, 0.2) is 85.2 Å². The molecule has 2 aromatic heterocycles. The van der Waals surface area contributed by atoms with E-state index in [2.05, 4.69) is 26.3 Å². The third-order valence-electron chi connectivity index (χ3n) is 11.3. The Morgan fingerprint density at radius 1 is 0.655 bits per heavy atom. The summed E-state index contributed by atoms with van der Waals surface area (Å²) < 4.78 is 95.1. The van der Waals surface area contributed by atoms with Crippen molar-refractivity contribution in [3.63, 3.8) is 0 Å². The van der Waals surface area contributed by atoms with Crippen molar-refractivity contribution in [1.82, 2.24) is 9.97 Å². The Kier molecular flexibility index (Phi) is 11.8. The summed E-state index contributed by atoms with van der Waals surface area (Å²) in [6.07, 6.45) is 0.0979. The number of alkyl halides is 6. The molecule has 4 saturated heterocycles. The van der Waals surface area contributed by atoms with Crippen LogP contribution in [0.3, 0.4) is 0 Å². The second kappa shape index (κ2) is 16.6. The highest BCUT2D eigenvalue weighted by Crippen LogP contribution is 2.43. The number of hydrogen-bond acceptors (Lipinski definition) is 8. The van der Waals surface area contributed by atoms with Crippen molar-refractivity contribution >= 4 is 11.6 Å². The first-order valence-electron chi connectivity index (χ1n) is 19.7. The van der Waals surface area contributed by atoms with E-state index in [0.717, 1.165) is 98.3 Å². The third-order valence-corrected chi connectivity index (χ3v) is 11.3. The van der Waals surface area contributed by atoms with E-state index in [9.17, 15) is 31.4 Å². The predicted octanol–water partition coefficient (Wildman–Crippen LogP) is 10.6. The van der Waals surface area contributed by atoms with Crippen LogP contribution >= 0.6 is 0 Å². The monoisotopic (exact) mass is 810 g/mol. The van der Waals surface area contributed by atoms with Crippen LogP contribution in [0, 0.1) is 13.8 Å². The fraction of sp³-hybridized carbons (Fsp3) is 0.455. The summed E-state index contributed by atoms with van der Waals surface area (Å²) in [5, 5.41) is 10.1. The van der Waals surface area contributed by atoms with Crippen LogP contribution in [0.1, 0.15) is 80.5 Å². The molecule has 0 radical (unpaired) electrons. The van der Waals surface area contributed by atoms with Gasteiger partial charge in [0.1, 0.15) is 30.5 Å². The van der Waals surface area contributed by atoms with Gasteiger partial charge >= 0.3 is 12.4 Å². The molecule has 0 spiro atoms. The zero-order valence-corrected chi connectivity index (χ0v) is 32.7. The van der Waals surface area contributed by atoms with Crippen molar-refractivity contribution in [2.75, 3.05) is 16.4 Å². The highest BCUT2D eigenvalue weighted by molar-refractivity contribution is 5.48. The molecule has 58 heavy (non-hydrogen) atoms. The molecule has 6 heterocycles. The maximum absolute atomic E-state index is 12.9. The third kappa shape index (κ3) is 9.42. The van der Waals surface area contributed by atoms with Gasteiger partial charge in [-0.05, 0) is 112 Å². The molecule has 2 aromatic carbocycles. The van der Waals surface area contributed by atoms with Gasteiger partial charge in [-0.2, -0.15) is 26.3 Å². The van der Waals surface area contributed by atoms with E-state index < -0.39 is 23.5 Å². The standard InChI is InChI=1S/C24H27F3N2O2.C20H21F3N2O2/c1-15(2)14-30-22-10-16(3)4-8-21(22)31-20-11-18-6-7-19(12-20)29(18)23-9-5-17(13-28-23)24(25,26)27;1-12-2-6-18(17(26)8-12)27-16-9-14-4-5-15(10-16)25(14)19-7-3-13(11-24-19)20(21,22)23/h4-5,8-10,13,18-20H,1,6-7,11-12,14H2,2-3H3;2-3,6-8,11,14-16,26H,4-5,9-10H2,1H3/t18-,19+,20?;14-,15+,16?. The summed E-state index contributed by atoms with van der Waals surface area (Å²) in [5.74, 6) is 3.24. The van der Waals surface area contributed by atoms with Crippen LogP contribution in [-0.2, 0) is 12.4 Å². The molecule has 8 nitrogen and oxygen atoms in total. The van der Waals surface area contributed by atoms with E-state index in [-0.39, 0.29) is 42.1 Å². The lowest BCUT2D eigenvalue weighted by atomic mass is 9.99. The molecule has 8 rings (SSSR count). The fourth-order valence-corrected chi connectivity index (χ4v) is 8.72. The van der Waals surface area contributed by atoms with Crippen LogP contribution in [-0.4, -0.2) is 58.1 Å². The van der Waals surface area contributed by atoms with E-state index in [1.807, 2.05) is 45.0 Å². The number of pyridine rings is 2. The van der Waals surface area contributed by atoms with Gasteiger partial charge in [0.05, 0.1) is 11.1 Å². The number of piperidine rings is 2. The smallest absolute Gasteiger partial charge is 0.417 e. The number of benzene rings is 2. The van der Waals surface area contributed by atoms with E-state index >= 15 is 0 Å². The van der Waals surface area contributed by atoms with Crippen molar-refractivity contribution in [1.29, 1.82) is 0 Å². The molecule has 0 aliphatic carbocycles. The number of rotatable bonds is 9. The zero-order valence-electron chi connectivity index (χ0n) is 32.7. The van der Waals surface area contributed by atoms with E-state index in [1.54, 1.807) is 12.1 Å². The van der Waals surface area contributed by atoms with Gasteiger partial charge in [0.2, 0.25) is 0 Å². The second-order valence-corrected chi connectivity index (χ2v) is 16.0. The van der Waals surface area contributed by atoms with E-state index in [1.165, 1.54) is 12.1 Å². The predicted molar refractivity (Wildman–Crippen MR) is 209 cm³/mol. The number of hydrogen-bond donors (Lipinski definition) is 1. The normalized spacial score (nSPS) is 23.9. The first kappa shape index (κ1) is 41.0. The molecule has 0 saturated carbocycles. The summed E-state index contributed by atoms with van der Waals surface area (Å²) in [5.41, 5.74) is 1.54. The minimum atomic E-state index is -4.37. The summed E-state index contributed by atoms with van der Waals surface area (Å²) >= 11 is 0. The molecule has 6 atom stereocenters. The lowest BCUT2D eigenvalue weighted by Gasteiger charge is -2.39. The van der Waals surface area contributed by atoms with Crippen LogP contribution < -0.4 is 24.0 Å². The van der Waals surface area contributed by atoms with Crippen LogP contribution in [0.2, 0.25) is 0 Å². The Hall–Kier alpha value is -5.14. The Bertz CT molecular complexity index is 2030. The lowest BCUT2D eigenvalue weighted by Crippen LogP contribution is -2.46. The van der Waals surface area contributed by atoms with Gasteiger partial charge in [0.15, 0.2) is 23.0 Å². The molecule has 4 bridgehead atoms. The number of fused-ring (bicyclic) bond motifs is 4. The maximum Gasteiger partial charge on any atom is 0.417 e. The zero-order chi connectivity index (χ0) is 41.4. The lowest BCUT2D eigenvalue weighted by molar-refractivity contribution is -0.138. The highest BCUT2D eigenvalue weighted by Gasteiger charge is 2.44. The molecule has 4 fully saturated rings. The number of phenolic OH excluding ortho intramolecular Hbond substituents is 1. The summed E-state index contributed by atoms with van der Waals surface area (Å²) in [6, 6.07) is 17.2. The van der Waals surface area contributed by atoms with Crippen molar-refractivity contribution in [2.45, 2.75) is 121 Å². The Balaban J connectivity index is 0.000000178. The summed E-state index contributed by atoms with van der Waals surface area (Å²) in [4.78, 5) is 12.5. The molecular formula is C44H48F6N4O4. The number of phenols is 1. The molecular weight excluding hydrogens is 762 g/mol. The number of anilines is 2. The largest absolute Gasteiger partial charge is 0.504 e. The Morgan fingerprint density at radius 2 is 1.09 bits per heavy atom. The minimum Gasteiger partial charge on any atom is -0.504 e. The number of aromatic hydroxyl groups is 1. The van der Waals surface area contributed by atoms with Crippen molar-refractivity contribution in [2.24, 2.45) is 0 Å². The number of ether oxygens (including phenoxy) is 3. The van der Waals surface area contributed by atoms with Crippen LogP contribution in [0.4, 0.5) is 38.0 Å². The average molecular weight is 811 g/mol. The van der Waals surface area contributed by atoms with Gasteiger partial charge in [-0.1, -0.05) is 18.7 Å². The molecule has 0 amide bonds. The van der Waals surface area contributed by atoms with Crippen LogP contribution in [0.25, 0.3) is 0 Å². The first-order valence-corrected chi connectivity index (χ1v) is 19.7. The molecule has 14 heteroatoms. The number of aromatic nitrogens is 2. The van der Waals surface area contributed by atoms with Gasteiger partial charge in [0, 0.05) is 62.2 Å². The van der Waals surface area contributed by atoms with Gasteiger partial charge in [-0.15, -0.1) is 0 Å². The fourth-order valence-electron chi connectivity index (χ4n) is 8.72. The number of nitrogens with zero attached hydrogens (tertiary/aromatic N) is 4. The van der Waals surface area contributed by atoms with E-state index in [0.29, 0.717) is 29.7 Å². The average Bonchev–Trinajstić information content (AvgIpc) is 3.59. The highest BCUT2D eigenvalue weighted by atomic mass is 19.4. The second-order valence-electron chi connectivity index (χ2n) is 16.0. The van der Waals surface area contributed by atoms with Crippen molar-refractivity contribution in [3.8, 4) is 23.0 Å². The van der Waals surface area contributed by atoms with Gasteiger partial charge in [-0.25, -0.2) is 9.97 Å². The molecule has 4 aliphatic heterocycles. The van der Waals surface area contributed by atoms with Gasteiger partial charge < -0.3 is 29.1 Å². The SMILES string of the molecule is C=C(C)COc1cc(C)ccc1OC1C[C@H]2CC[C@@H](C1)N2c1ccc(C(F)(F)F)cn1.Cc1ccc(OC2C[C@H]3CC[C@@H](C2)N3c2ccc(C(F)(F)F)cn2)c(O)c1. The Morgan fingerprint density at radius 3 is 1.48 bits per heavy atom. The summed E-state index contributed by atoms with van der Waals surface area (Å²) in [6.45, 7) is 10.1. The molecule has 1 N–H and O–H groups in total. The van der Waals surface area contributed by atoms with Crippen molar-refractivity contribution in [3.05, 3.63) is 107 Å². The quantitative estimate of drug-likeness (QED) is 0.132. The Labute approximate surface area is 334 Å². The topological polar surface area (TPSA) is 80.2 Å². The van der Waals surface area contributed by atoms with Crippen molar-refractivity contribution < 1.29 is 45.7 Å². The van der Waals surface area contributed by atoms with Gasteiger partial charge in [-0.3, -0.25) is 0 Å². The van der Waals surface area contributed by atoms with Crippen LogP contribution in [0.5, 0.6) is 23.0 Å². The molecule has 310 valence electrons. The molecule has 2 unspecified atom stereocenters. The maximum atomic E-state index is 12.9. The number of aryl methyl sites for hydroxylation is 2. The molecule has 4 aromatic rings. The minimum absolute atomic E-state index is 0.0260. The molecule has 4 aliphatic rings. The number of halogens is 6. The van der Waals surface area contributed by atoms with Gasteiger partial charge in [0.25, 0.3) is 0 Å². The first-order chi connectivity index (χ1) is 27.5. The summed E-state index contributed by atoms with van der Waals surface area (Å²) in [7, 11) is 0. The van der Waals surface area contributed by atoms with E-state index in [4.69, 9.17) is 14.2 Å².